The van der Waals surface area contributed by atoms with E-state index in [2.05, 4.69) is 4.98 Å². The summed E-state index contributed by atoms with van der Waals surface area (Å²) < 4.78 is 27.7. The third-order valence-corrected chi connectivity index (χ3v) is 4.71. The van der Waals surface area contributed by atoms with Gasteiger partial charge in [-0.1, -0.05) is 42.1 Å². The smallest absolute Gasteiger partial charge is 0.312 e. The number of hydrogen-bond donors (Lipinski definition) is 0. The molecule has 2 aromatic carbocycles. The first-order valence-corrected chi connectivity index (χ1v) is 8.83. The lowest BCUT2D eigenvalue weighted by atomic mass is 10.3. The molecule has 0 fully saturated rings. The Hall–Kier alpha value is -2.41. The van der Waals surface area contributed by atoms with Crippen LogP contribution in [0, 0.1) is 0 Å². The highest BCUT2D eigenvalue weighted by molar-refractivity contribution is 7.99. The van der Waals surface area contributed by atoms with Crippen molar-refractivity contribution in [2.75, 3.05) is 17.2 Å². The van der Waals surface area contributed by atoms with E-state index in [0.717, 1.165) is 22.0 Å². The lowest BCUT2D eigenvalue weighted by Crippen LogP contribution is -2.32. The number of rotatable bonds is 6. The maximum Gasteiger partial charge on any atom is 0.321 e. The highest BCUT2D eigenvalue weighted by Crippen LogP contribution is 2.29. The summed E-state index contributed by atoms with van der Waals surface area (Å²) in [5.74, 6) is -0.106. The number of halogens is 2. The molecule has 0 radical (unpaired) electrons. The average Bonchev–Trinajstić information content (AvgIpc) is 3.00. The number of imidazole rings is 1. The molecule has 1 amide bonds. The van der Waals surface area contributed by atoms with Crippen LogP contribution in [0.25, 0.3) is 11.0 Å². The average molecular weight is 361 g/mol. The van der Waals surface area contributed by atoms with Gasteiger partial charge in [-0.3, -0.25) is 9.36 Å². The lowest BCUT2D eigenvalue weighted by molar-refractivity contribution is -0.116. The molecule has 3 aromatic rings. The molecule has 130 valence electrons. The normalized spacial score (nSPS) is 11.2. The summed E-state index contributed by atoms with van der Waals surface area (Å²) >= 11 is 1.03. The van der Waals surface area contributed by atoms with Crippen molar-refractivity contribution in [1.82, 2.24) is 9.55 Å². The summed E-state index contributed by atoms with van der Waals surface area (Å²) in [6.45, 7) is -0.319. The number of carbonyl (C=O) groups is 1. The van der Waals surface area contributed by atoms with Gasteiger partial charge in [0.15, 0.2) is 5.16 Å². The maximum atomic E-state index is 13.4. The quantitative estimate of drug-likeness (QED) is 0.603. The van der Waals surface area contributed by atoms with Crippen molar-refractivity contribution in [2.45, 2.75) is 18.6 Å². The van der Waals surface area contributed by atoms with Gasteiger partial charge in [-0.25, -0.2) is 4.98 Å². The van der Waals surface area contributed by atoms with Gasteiger partial charge < -0.3 is 4.90 Å². The van der Waals surface area contributed by atoms with Gasteiger partial charge in [0.2, 0.25) is 5.91 Å². The molecule has 25 heavy (non-hydrogen) atoms. The number of para-hydroxylation sites is 3. The van der Waals surface area contributed by atoms with Crippen LogP contribution in [0.5, 0.6) is 0 Å². The predicted molar refractivity (Wildman–Crippen MR) is 96.2 cm³/mol. The molecule has 0 aliphatic heterocycles. The summed E-state index contributed by atoms with van der Waals surface area (Å²) in [6.07, 6.45) is 0. The number of carbonyl (C=O) groups excluding carboxylic acids is 1. The molecule has 0 aliphatic rings. The minimum Gasteiger partial charge on any atom is -0.312 e. The molecule has 0 saturated carbocycles. The second-order valence-electron chi connectivity index (χ2n) is 5.29. The first-order chi connectivity index (χ1) is 12.1. The molecule has 3 rings (SSSR count). The number of nitrogens with zero attached hydrogens (tertiary/aromatic N) is 3. The largest absolute Gasteiger partial charge is 0.321 e. The highest BCUT2D eigenvalue weighted by atomic mass is 32.2. The SMILES string of the molecule is CCN(C(=O)CSc1nc2ccccc2n1C(F)F)c1ccccc1. The Morgan fingerprint density at radius 2 is 1.84 bits per heavy atom. The predicted octanol–water partition coefficient (Wildman–Crippen LogP) is 4.58. The number of alkyl halides is 2. The van der Waals surface area contributed by atoms with Gasteiger partial charge in [-0.05, 0) is 31.2 Å². The molecule has 0 saturated heterocycles. The van der Waals surface area contributed by atoms with Crippen molar-refractivity contribution in [3.63, 3.8) is 0 Å². The summed E-state index contributed by atoms with van der Waals surface area (Å²) in [7, 11) is 0. The molecule has 0 N–H and O–H groups in total. The highest BCUT2D eigenvalue weighted by Gasteiger charge is 2.20. The Morgan fingerprint density at radius 1 is 1.16 bits per heavy atom. The molecule has 1 heterocycles. The van der Waals surface area contributed by atoms with Crippen molar-refractivity contribution >= 4 is 34.4 Å². The van der Waals surface area contributed by atoms with Crippen LogP contribution in [0.3, 0.4) is 0 Å². The third-order valence-electron chi connectivity index (χ3n) is 3.77. The van der Waals surface area contributed by atoms with Crippen LogP contribution in [0.1, 0.15) is 13.5 Å². The van der Waals surface area contributed by atoms with Crippen molar-refractivity contribution in [1.29, 1.82) is 0 Å². The van der Waals surface area contributed by atoms with Crippen LogP contribution in [0.15, 0.2) is 59.8 Å². The molecule has 0 unspecified atom stereocenters. The van der Waals surface area contributed by atoms with Crippen molar-refractivity contribution in [2.24, 2.45) is 0 Å². The fraction of sp³-hybridized carbons (Fsp3) is 0.222. The third kappa shape index (κ3) is 3.66. The van der Waals surface area contributed by atoms with Crippen LogP contribution in [-0.2, 0) is 4.79 Å². The van der Waals surface area contributed by atoms with E-state index in [9.17, 15) is 13.6 Å². The van der Waals surface area contributed by atoms with Crippen LogP contribution in [-0.4, -0.2) is 27.8 Å². The first-order valence-electron chi connectivity index (χ1n) is 7.85. The van der Waals surface area contributed by atoms with E-state index in [0.29, 0.717) is 17.6 Å². The summed E-state index contributed by atoms with van der Waals surface area (Å²) in [4.78, 5) is 18.4. The topological polar surface area (TPSA) is 38.1 Å². The molecular weight excluding hydrogens is 344 g/mol. The van der Waals surface area contributed by atoms with E-state index in [-0.39, 0.29) is 16.8 Å². The van der Waals surface area contributed by atoms with Gasteiger partial charge in [0.25, 0.3) is 0 Å². The van der Waals surface area contributed by atoms with Crippen molar-refractivity contribution < 1.29 is 13.6 Å². The summed E-state index contributed by atoms with van der Waals surface area (Å²) in [5.41, 5.74) is 1.65. The first kappa shape index (κ1) is 17.4. The van der Waals surface area contributed by atoms with E-state index in [1.165, 1.54) is 0 Å². The standard InChI is InChI=1S/C18H17F2N3OS/c1-2-22(13-8-4-3-5-9-13)16(24)12-25-18-21-14-10-6-7-11-15(14)23(18)17(19)20/h3-11,17H,2,12H2,1H3. The number of thioether (sulfide) groups is 1. The van der Waals surface area contributed by atoms with Crippen molar-refractivity contribution in [3.8, 4) is 0 Å². The van der Waals surface area contributed by atoms with E-state index in [4.69, 9.17) is 0 Å². The van der Waals surface area contributed by atoms with E-state index in [1.807, 2.05) is 37.3 Å². The molecule has 0 spiro atoms. The van der Waals surface area contributed by atoms with Gasteiger partial charge in [-0.15, -0.1) is 0 Å². The molecule has 1 aromatic heterocycles. The molecule has 0 atom stereocenters. The minimum absolute atomic E-state index is 0.0405. The number of hydrogen-bond acceptors (Lipinski definition) is 3. The zero-order chi connectivity index (χ0) is 17.8. The van der Waals surface area contributed by atoms with Crippen LogP contribution >= 0.6 is 11.8 Å². The maximum absolute atomic E-state index is 13.4. The van der Waals surface area contributed by atoms with Crippen molar-refractivity contribution in [3.05, 3.63) is 54.6 Å². The Morgan fingerprint density at radius 3 is 2.52 bits per heavy atom. The number of benzene rings is 2. The zero-order valence-electron chi connectivity index (χ0n) is 13.6. The molecule has 4 nitrogen and oxygen atoms in total. The second kappa shape index (κ2) is 7.65. The number of amides is 1. The molecule has 0 aliphatic carbocycles. The monoisotopic (exact) mass is 361 g/mol. The Balaban J connectivity index is 1.80. The number of anilines is 1. The van der Waals surface area contributed by atoms with E-state index in [1.54, 1.807) is 29.2 Å². The number of aromatic nitrogens is 2. The number of fused-ring (bicyclic) bond motifs is 1. The van der Waals surface area contributed by atoms with Crippen LogP contribution in [0.2, 0.25) is 0 Å². The van der Waals surface area contributed by atoms with E-state index >= 15 is 0 Å². The van der Waals surface area contributed by atoms with Gasteiger partial charge >= 0.3 is 6.55 Å². The minimum atomic E-state index is -2.71. The van der Waals surface area contributed by atoms with Gasteiger partial charge in [-0.2, -0.15) is 8.78 Å². The Kier molecular flexibility index (Phi) is 5.33. The van der Waals surface area contributed by atoms with Crippen LogP contribution in [0.4, 0.5) is 14.5 Å². The molecular formula is C18H17F2N3OS. The van der Waals surface area contributed by atoms with Crippen LogP contribution < -0.4 is 4.90 Å². The fourth-order valence-electron chi connectivity index (χ4n) is 2.63. The van der Waals surface area contributed by atoms with Gasteiger partial charge in [0, 0.05) is 12.2 Å². The fourth-order valence-corrected chi connectivity index (χ4v) is 3.52. The summed E-state index contributed by atoms with van der Waals surface area (Å²) in [6, 6.07) is 16.0. The van der Waals surface area contributed by atoms with E-state index < -0.39 is 6.55 Å². The van der Waals surface area contributed by atoms with Gasteiger partial charge in [0.05, 0.1) is 16.8 Å². The van der Waals surface area contributed by atoms with Gasteiger partial charge in [0.1, 0.15) is 0 Å². The Labute approximate surface area is 148 Å². The zero-order valence-corrected chi connectivity index (χ0v) is 14.4. The summed E-state index contributed by atoms with van der Waals surface area (Å²) in [5, 5.41) is 0.147. The lowest BCUT2D eigenvalue weighted by Gasteiger charge is -2.20. The Bertz CT molecular complexity index is 867. The molecule has 7 heteroatoms. The molecule has 0 bridgehead atoms. The second-order valence-corrected chi connectivity index (χ2v) is 6.24.